The molecule has 0 N–H and O–H groups in total. The number of rotatable bonds is 3. The summed E-state index contributed by atoms with van der Waals surface area (Å²) in [6.45, 7) is 4.35. The van der Waals surface area contributed by atoms with Gasteiger partial charge in [-0.3, -0.25) is 4.57 Å². The number of aryl methyl sites for hydroxylation is 1. The normalized spacial score (nSPS) is 12.8. The molecule has 0 saturated heterocycles. The molecule has 3 heteroatoms. The van der Waals surface area contributed by atoms with E-state index in [-0.39, 0.29) is 0 Å². The highest BCUT2D eigenvalue weighted by Crippen LogP contribution is 2.20. The molecule has 0 spiro atoms. The molecule has 1 rings (SSSR count). The first-order chi connectivity index (χ1) is 5.74. The fourth-order valence-electron chi connectivity index (χ4n) is 0.904. The average Bonchev–Trinajstić information content (AvgIpc) is 2.06. The summed E-state index contributed by atoms with van der Waals surface area (Å²) in [6, 6.07) is 7.59. The van der Waals surface area contributed by atoms with Gasteiger partial charge >= 0.3 is 0 Å². The Morgan fingerprint density at radius 2 is 1.92 bits per heavy atom. The Morgan fingerprint density at radius 3 is 2.42 bits per heavy atom. The van der Waals surface area contributed by atoms with E-state index in [9.17, 15) is 4.57 Å². The van der Waals surface area contributed by atoms with Crippen molar-refractivity contribution in [2.45, 2.75) is 13.8 Å². The topological polar surface area (TPSA) is 26.3 Å². The molecule has 12 heavy (non-hydrogen) atoms. The number of hydrogen-bond acceptors (Lipinski definition) is 2. The highest BCUT2D eigenvalue weighted by Gasteiger charge is 2.00. The van der Waals surface area contributed by atoms with E-state index >= 15 is 0 Å². The van der Waals surface area contributed by atoms with Crippen molar-refractivity contribution in [3.8, 4) is 0 Å². The average molecular weight is 184 g/mol. The van der Waals surface area contributed by atoms with Gasteiger partial charge in [0, 0.05) is 5.30 Å². The molecule has 66 valence electrons. The third-order valence-corrected chi connectivity index (χ3v) is 2.92. The molecule has 1 unspecified atom stereocenters. The van der Waals surface area contributed by atoms with Gasteiger partial charge in [-0.2, -0.15) is 0 Å². The lowest BCUT2D eigenvalue weighted by Gasteiger charge is -2.01. The zero-order chi connectivity index (χ0) is 8.97. The van der Waals surface area contributed by atoms with Crippen molar-refractivity contribution in [1.82, 2.24) is 0 Å². The second-order valence-electron chi connectivity index (χ2n) is 2.59. The molecule has 2 nitrogen and oxygen atoms in total. The quantitative estimate of drug-likeness (QED) is 0.672. The Morgan fingerprint density at radius 1 is 1.33 bits per heavy atom. The molecule has 0 saturated carbocycles. The summed E-state index contributed by atoms with van der Waals surface area (Å²) in [5.74, 6) is 0. The molecule has 0 amide bonds. The van der Waals surface area contributed by atoms with Crippen molar-refractivity contribution < 1.29 is 9.09 Å². The molecule has 0 aliphatic rings. The predicted molar refractivity (Wildman–Crippen MR) is 51.4 cm³/mol. The molecule has 0 aliphatic heterocycles. The van der Waals surface area contributed by atoms with Gasteiger partial charge in [-0.15, -0.1) is 0 Å². The van der Waals surface area contributed by atoms with Gasteiger partial charge in [0.05, 0.1) is 6.61 Å². The summed E-state index contributed by atoms with van der Waals surface area (Å²) in [5.41, 5.74) is 1.17. The molecule has 0 bridgehead atoms. The maximum Gasteiger partial charge on any atom is 0.220 e. The van der Waals surface area contributed by atoms with Crippen LogP contribution in [-0.4, -0.2) is 6.61 Å². The Hall–Kier alpha value is -0.590. The van der Waals surface area contributed by atoms with Crippen molar-refractivity contribution in [2.75, 3.05) is 6.61 Å². The van der Waals surface area contributed by atoms with E-state index in [1.165, 1.54) is 5.56 Å². The lowest BCUT2D eigenvalue weighted by Crippen LogP contribution is -1.97. The number of hydrogen-bond donors (Lipinski definition) is 0. The molecule has 1 aromatic rings. The summed E-state index contributed by atoms with van der Waals surface area (Å²) >= 11 is 0. The van der Waals surface area contributed by atoms with Crippen molar-refractivity contribution in [3.63, 3.8) is 0 Å². The Bertz CT molecular complexity index is 266. The van der Waals surface area contributed by atoms with Crippen LogP contribution >= 0.6 is 8.03 Å². The molecule has 0 fully saturated rings. The number of benzene rings is 1. The standard InChI is InChI=1S/C9H13O2P/c1-3-11-12(10)9-6-4-8(2)5-7-9/h4-7,12H,3H2,1-2H3. The van der Waals surface area contributed by atoms with Crippen LogP contribution < -0.4 is 5.30 Å². The second-order valence-corrected chi connectivity index (χ2v) is 4.03. The van der Waals surface area contributed by atoms with Crippen LogP contribution in [0.2, 0.25) is 0 Å². The molecule has 0 aromatic heterocycles. The van der Waals surface area contributed by atoms with E-state index in [4.69, 9.17) is 4.52 Å². The van der Waals surface area contributed by atoms with E-state index in [2.05, 4.69) is 0 Å². The molecule has 1 atom stereocenters. The van der Waals surface area contributed by atoms with Gasteiger partial charge in [0.1, 0.15) is 0 Å². The van der Waals surface area contributed by atoms with Crippen LogP contribution in [0.4, 0.5) is 0 Å². The molecular weight excluding hydrogens is 171 g/mol. The lowest BCUT2D eigenvalue weighted by atomic mass is 10.2. The van der Waals surface area contributed by atoms with Crippen molar-refractivity contribution >= 4 is 13.3 Å². The van der Waals surface area contributed by atoms with Crippen molar-refractivity contribution in [1.29, 1.82) is 0 Å². The van der Waals surface area contributed by atoms with Crippen molar-refractivity contribution in [3.05, 3.63) is 29.8 Å². The minimum Gasteiger partial charge on any atom is -0.328 e. The predicted octanol–water partition coefficient (Wildman–Crippen LogP) is 2.13. The van der Waals surface area contributed by atoms with Crippen LogP contribution in [0.3, 0.4) is 0 Å². The third-order valence-electron chi connectivity index (χ3n) is 1.56. The third kappa shape index (κ3) is 2.47. The van der Waals surface area contributed by atoms with Crippen LogP contribution in [0.5, 0.6) is 0 Å². The molecule has 1 aromatic carbocycles. The van der Waals surface area contributed by atoms with Crippen LogP contribution in [0.15, 0.2) is 24.3 Å². The summed E-state index contributed by atoms with van der Waals surface area (Å²) in [6.07, 6.45) is 0. The summed E-state index contributed by atoms with van der Waals surface area (Å²) in [7, 11) is -1.98. The zero-order valence-corrected chi connectivity index (χ0v) is 8.33. The van der Waals surface area contributed by atoms with Gasteiger partial charge in [0.15, 0.2) is 0 Å². The molecule has 0 aliphatic carbocycles. The fraction of sp³-hybridized carbons (Fsp3) is 0.333. The van der Waals surface area contributed by atoms with Crippen LogP contribution in [0.1, 0.15) is 12.5 Å². The van der Waals surface area contributed by atoms with Crippen molar-refractivity contribution in [2.24, 2.45) is 0 Å². The van der Waals surface area contributed by atoms with Crippen LogP contribution in [0.25, 0.3) is 0 Å². The first-order valence-electron chi connectivity index (χ1n) is 3.98. The summed E-state index contributed by atoms with van der Waals surface area (Å²) < 4.78 is 16.3. The largest absolute Gasteiger partial charge is 0.328 e. The van der Waals surface area contributed by atoms with Gasteiger partial charge in [0.2, 0.25) is 8.03 Å². The van der Waals surface area contributed by atoms with E-state index < -0.39 is 8.03 Å². The second kappa shape index (κ2) is 4.44. The molecule has 0 radical (unpaired) electrons. The fourth-order valence-corrected chi connectivity index (χ4v) is 1.77. The minimum atomic E-state index is -1.98. The summed E-state index contributed by atoms with van der Waals surface area (Å²) in [5, 5.41) is 0.799. The van der Waals surface area contributed by atoms with E-state index in [0.717, 1.165) is 5.30 Å². The smallest absolute Gasteiger partial charge is 0.220 e. The van der Waals surface area contributed by atoms with Gasteiger partial charge in [-0.25, -0.2) is 0 Å². The van der Waals surface area contributed by atoms with Crippen LogP contribution in [-0.2, 0) is 9.09 Å². The van der Waals surface area contributed by atoms with E-state index in [1.54, 1.807) is 0 Å². The summed E-state index contributed by atoms with van der Waals surface area (Å²) in [4.78, 5) is 0. The maximum absolute atomic E-state index is 11.3. The van der Waals surface area contributed by atoms with Gasteiger partial charge in [0.25, 0.3) is 0 Å². The first-order valence-corrected chi connectivity index (χ1v) is 5.29. The first kappa shape index (κ1) is 9.50. The Balaban J connectivity index is 2.75. The Kier molecular flexibility index (Phi) is 3.51. The monoisotopic (exact) mass is 184 g/mol. The lowest BCUT2D eigenvalue weighted by molar-refractivity contribution is 0.357. The van der Waals surface area contributed by atoms with Gasteiger partial charge < -0.3 is 4.52 Å². The zero-order valence-electron chi connectivity index (χ0n) is 7.33. The highest BCUT2D eigenvalue weighted by molar-refractivity contribution is 7.48. The maximum atomic E-state index is 11.3. The Labute approximate surface area is 73.4 Å². The van der Waals surface area contributed by atoms with Gasteiger partial charge in [-0.05, 0) is 26.0 Å². The molecular formula is C9H13O2P. The van der Waals surface area contributed by atoms with E-state index in [0.29, 0.717) is 6.61 Å². The van der Waals surface area contributed by atoms with Crippen LogP contribution in [0, 0.1) is 6.92 Å². The minimum absolute atomic E-state index is 0.506. The SMILES string of the molecule is CCO[PH](=O)c1ccc(C)cc1. The molecule has 0 heterocycles. The highest BCUT2D eigenvalue weighted by atomic mass is 31.1. The van der Waals surface area contributed by atoms with Gasteiger partial charge in [-0.1, -0.05) is 17.7 Å². The van der Waals surface area contributed by atoms with E-state index in [1.807, 2.05) is 38.1 Å².